The molecule has 2 heterocycles. The third-order valence-electron chi connectivity index (χ3n) is 2.21. The molecule has 2 aromatic rings. The molecule has 2 rings (SSSR count). The van der Waals surface area contributed by atoms with Crippen molar-refractivity contribution in [2.75, 3.05) is 5.32 Å². The van der Waals surface area contributed by atoms with Crippen molar-refractivity contribution in [2.24, 2.45) is 5.73 Å². The van der Waals surface area contributed by atoms with Crippen LogP contribution in [0.3, 0.4) is 0 Å². The van der Waals surface area contributed by atoms with Gasteiger partial charge in [-0.3, -0.25) is 14.3 Å². The van der Waals surface area contributed by atoms with Gasteiger partial charge >= 0.3 is 0 Å². The predicted octanol–water partition coefficient (Wildman–Crippen LogP) is 0.155. The van der Waals surface area contributed by atoms with Gasteiger partial charge in [0.25, 0.3) is 5.91 Å². The number of nitrogens with one attached hydrogen (secondary N) is 1. The molecule has 3 N–H and O–H groups in total. The second-order valence-electron chi connectivity index (χ2n) is 3.69. The van der Waals surface area contributed by atoms with Gasteiger partial charge in [-0.2, -0.15) is 9.49 Å². The molecule has 0 atom stereocenters. The molecule has 19 heavy (non-hydrogen) atoms. The molecule has 2 aromatic heterocycles. The van der Waals surface area contributed by atoms with Crippen LogP contribution in [0.5, 0.6) is 0 Å². The van der Waals surface area contributed by atoms with E-state index in [-0.39, 0.29) is 12.1 Å². The van der Waals surface area contributed by atoms with E-state index in [0.717, 1.165) is 0 Å². The quantitative estimate of drug-likeness (QED) is 0.766. The summed E-state index contributed by atoms with van der Waals surface area (Å²) < 4.78 is 14.5. The Balaban J connectivity index is 2.09. The number of hydrogen-bond donors (Lipinski definition) is 2. The average Bonchev–Trinajstić information content (AvgIpc) is 2.76. The van der Waals surface area contributed by atoms with Crippen LogP contribution in [0.1, 0.15) is 10.4 Å². The molecule has 0 fully saturated rings. The lowest BCUT2D eigenvalue weighted by Gasteiger charge is -2.02. The lowest BCUT2D eigenvalue weighted by Crippen LogP contribution is -2.18. The first-order valence-electron chi connectivity index (χ1n) is 5.29. The van der Waals surface area contributed by atoms with Gasteiger partial charge in [0.05, 0.1) is 17.4 Å². The maximum absolute atomic E-state index is 13.3. The van der Waals surface area contributed by atoms with Crippen molar-refractivity contribution in [1.82, 2.24) is 14.8 Å². The second kappa shape index (κ2) is 5.25. The normalized spacial score (nSPS) is 10.2. The Morgan fingerprint density at radius 3 is 2.95 bits per heavy atom. The highest BCUT2D eigenvalue weighted by Crippen LogP contribution is 2.09. The molecular weight excluding hydrogens is 253 g/mol. The van der Waals surface area contributed by atoms with E-state index in [1.54, 1.807) is 0 Å². The van der Waals surface area contributed by atoms with E-state index in [1.165, 1.54) is 35.4 Å². The fourth-order valence-electron chi connectivity index (χ4n) is 1.43. The smallest absolute Gasteiger partial charge is 0.260 e. The molecule has 8 heteroatoms. The van der Waals surface area contributed by atoms with Crippen LogP contribution in [0.2, 0.25) is 0 Å². The fourth-order valence-corrected chi connectivity index (χ4v) is 1.43. The van der Waals surface area contributed by atoms with Crippen molar-refractivity contribution >= 4 is 17.5 Å². The third-order valence-corrected chi connectivity index (χ3v) is 2.21. The third kappa shape index (κ3) is 3.12. The molecule has 0 spiro atoms. The molecule has 2 amide bonds. The largest absolute Gasteiger partial charge is 0.368 e. The number of rotatable bonds is 4. The Kier molecular flexibility index (Phi) is 3.51. The van der Waals surface area contributed by atoms with Gasteiger partial charge in [0.15, 0.2) is 0 Å². The van der Waals surface area contributed by atoms with Crippen LogP contribution in [0.25, 0.3) is 0 Å². The van der Waals surface area contributed by atoms with Crippen molar-refractivity contribution in [3.63, 3.8) is 0 Å². The monoisotopic (exact) mass is 263 g/mol. The zero-order valence-electron chi connectivity index (χ0n) is 9.71. The highest BCUT2D eigenvalue weighted by Gasteiger charge is 2.13. The van der Waals surface area contributed by atoms with E-state index in [9.17, 15) is 14.0 Å². The molecule has 0 aromatic carbocycles. The molecule has 0 aliphatic carbocycles. The number of anilines is 1. The standard InChI is InChI=1S/C11H10FN5O2/c12-10-8(2-1-3-14-10)11(19)16-7-4-15-17(5-7)6-9(13)18/h1-5H,6H2,(H2,13,18)(H,16,19). The first kappa shape index (κ1) is 12.7. The van der Waals surface area contributed by atoms with Crippen LogP contribution in [0, 0.1) is 5.95 Å². The number of nitrogens with two attached hydrogens (primary N) is 1. The first-order valence-corrected chi connectivity index (χ1v) is 5.29. The summed E-state index contributed by atoms with van der Waals surface area (Å²) in [6.07, 6.45) is 3.99. The lowest BCUT2D eigenvalue weighted by atomic mass is 10.2. The van der Waals surface area contributed by atoms with Crippen LogP contribution >= 0.6 is 0 Å². The fraction of sp³-hybridized carbons (Fsp3) is 0.0909. The van der Waals surface area contributed by atoms with E-state index in [1.807, 2.05) is 0 Å². The maximum Gasteiger partial charge on any atom is 0.260 e. The summed E-state index contributed by atoms with van der Waals surface area (Å²) >= 11 is 0. The van der Waals surface area contributed by atoms with Crippen LogP contribution in [0.4, 0.5) is 10.1 Å². The number of amides is 2. The van der Waals surface area contributed by atoms with Crippen molar-refractivity contribution < 1.29 is 14.0 Å². The van der Waals surface area contributed by atoms with Gasteiger partial charge in [0.1, 0.15) is 6.54 Å². The van der Waals surface area contributed by atoms with E-state index in [0.29, 0.717) is 5.69 Å². The summed E-state index contributed by atoms with van der Waals surface area (Å²) in [6, 6.07) is 2.76. The molecule has 0 bridgehead atoms. The van der Waals surface area contributed by atoms with E-state index in [4.69, 9.17) is 5.73 Å². The first-order chi connectivity index (χ1) is 9.06. The Labute approximate surface area is 107 Å². The van der Waals surface area contributed by atoms with Crippen LogP contribution < -0.4 is 11.1 Å². The summed E-state index contributed by atoms with van der Waals surface area (Å²) in [5.74, 6) is -2.06. The molecule has 0 saturated carbocycles. The molecule has 7 nitrogen and oxygen atoms in total. The number of aromatic nitrogens is 3. The summed E-state index contributed by atoms with van der Waals surface area (Å²) in [6.45, 7) is -0.100. The average molecular weight is 263 g/mol. The van der Waals surface area contributed by atoms with Gasteiger partial charge in [-0.05, 0) is 12.1 Å². The Bertz CT molecular complexity index is 625. The van der Waals surface area contributed by atoms with Crippen LogP contribution in [0.15, 0.2) is 30.7 Å². The van der Waals surface area contributed by atoms with Crippen molar-refractivity contribution in [2.45, 2.75) is 6.54 Å². The molecular formula is C11H10FN5O2. The number of pyridine rings is 1. The van der Waals surface area contributed by atoms with Crippen LogP contribution in [-0.4, -0.2) is 26.6 Å². The van der Waals surface area contributed by atoms with Gasteiger partial charge in [0, 0.05) is 12.4 Å². The summed E-state index contributed by atoms with van der Waals surface area (Å²) in [7, 11) is 0. The summed E-state index contributed by atoms with van der Waals surface area (Å²) in [5, 5.41) is 6.26. The minimum Gasteiger partial charge on any atom is -0.368 e. The minimum atomic E-state index is -0.857. The molecule has 0 unspecified atom stereocenters. The highest BCUT2D eigenvalue weighted by atomic mass is 19.1. The number of carbonyl (C=O) groups excluding carboxylic acids is 2. The zero-order chi connectivity index (χ0) is 13.8. The van der Waals surface area contributed by atoms with Gasteiger partial charge in [-0.25, -0.2) is 4.98 Å². The zero-order valence-corrected chi connectivity index (χ0v) is 9.71. The molecule has 0 radical (unpaired) electrons. The molecule has 0 aliphatic heterocycles. The molecule has 98 valence electrons. The lowest BCUT2D eigenvalue weighted by molar-refractivity contribution is -0.118. The topological polar surface area (TPSA) is 103 Å². The number of primary amides is 1. The van der Waals surface area contributed by atoms with Crippen molar-refractivity contribution in [3.8, 4) is 0 Å². The second-order valence-corrected chi connectivity index (χ2v) is 3.69. The van der Waals surface area contributed by atoms with Crippen molar-refractivity contribution in [1.29, 1.82) is 0 Å². The van der Waals surface area contributed by atoms with E-state index in [2.05, 4.69) is 15.4 Å². The summed E-state index contributed by atoms with van der Waals surface area (Å²) in [5.41, 5.74) is 5.15. The van der Waals surface area contributed by atoms with E-state index >= 15 is 0 Å². The number of nitrogens with zero attached hydrogens (tertiary/aromatic N) is 3. The SMILES string of the molecule is NC(=O)Cn1cc(NC(=O)c2cccnc2F)cn1. The van der Waals surface area contributed by atoms with Gasteiger partial charge in [-0.15, -0.1) is 0 Å². The Morgan fingerprint density at radius 2 is 2.26 bits per heavy atom. The van der Waals surface area contributed by atoms with Crippen molar-refractivity contribution in [3.05, 3.63) is 42.2 Å². The Morgan fingerprint density at radius 1 is 1.47 bits per heavy atom. The number of hydrogen-bond acceptors (Lipinski definition) is 4. The minimum absolute atomic E-state index is 0.100. The van der Waals surface area contributed by atoms with Gasteiger partial charge < -0.3 is 11.1 Å². The molecule has 0 saturated heterocycles. The van der Waals surface area contributed by atoms with Gasteiger partial charge in [-0.1, -0.05) is 0 Å². The summed E-state index contributed by atoms with van der Waals surface area (Å²) in [4.78, 5) is 25.8. The van der Waals surface area contributed by atoms with Gasteiger partial charge in [0.2, 0.25) is 11.9 Å². The predicted molar refractivity (Wildman–Crippen MR) is 63.6 cm³/mol. The highest BCUT2D eigenvalue weighted by molar-refractivity contribution is 6.04. The molecule has 0 aliphatic rings. The Hall–Kier alpha value is -2.77. The maximum atomic E-state index is 13.3. The number of halogens is 1. The number of carbonyl (C=O) groups is 2. The van der Waals surface area contributed by atoms with Crippen LogP contribution in [-0.2, 0) is 11.3 Å². The van der Waals surface area contributed by atoms with E-state index < -0.39 is 17.8 Å².